The summed E-state index contributed by atoms with van der Waals surface area (Å²) < 4.78 is 41.0. The molecule has 0 saturated carbocycles. The molecule has 2 aromatic heterocycles. The van der Waals surface area contributed by atoms with Crippen LogP contribution in [0.2, 0.25) is 0 Å². The van der Waals surface area contributed by atoms with Gasteiger partial charge >= 0.3 is 6.18 Å². The molecule has 0 fully saturated rings. The summed E-state index contributed by atoms with van der Waals surface area (Å²) in [4.78, 5) is 40.4. The quantitative estimate of drug-likeness (QED) is 0.645. The summed E-state index contributed by atoms with van der Waals surface area (Å²) >= 11 is 0. The van der Waals surface area contributed by atoms with Crippen LogP contribution in [0.4, 0.5) is 18.9 Å². The Morgan fingerprint density at radius 3 is 2.55 bits per heavy atom. The van der Waals surface area contributed by atoms with Gasteiger partial charge in [-0.25, -0.2) is 4.68 Å². The highest BCUT2D eigenvalue weighted by Gasteiger charge is 2.34. The number of aryl methyl sites for hydroxylation is 1. The first-order chi connectivity index (χ1) is 14.7. The normalized spacial score (nSPS) is 11.1. The largest absolute Gasteiger partial charge is 0.418 e. The number of halogens is 3. The summed E-state index contributed by atoms with van der Waals surface area (Å²) in [5.41, 5.74) is -2.23. The van der Waals surface area contributed by atoms with E-state index in [1.54, 1.807) is 12.1 Å². The summed E-state index contributed by atoms with van der Waals surface area (Å²) in [5, 5.41) is 8.55. The van der Waals surface area contributed by atoms with Crippen molar-refractivity contribution < 1.29 is 22.8 Å². The van der Waals surface area contributed by atoms with E-state index in [0.717, 1.165) is 16.8 Å². The zero-order valence-corrected chi connectivity index (χ0v) is 16.1. The number of nitrogens with one attached hydrogen (secondary N) is 2. The van der Waals surface area contributed by atoms with Crippen molar-refractivity contribution in [3.63, 3.8) is 0 Å². The van der Waals surface area contributed by atoms with Crippen LogP contribution in [-0.4, -0.2) is 33.1 Å². The molecule has 0 radical (unpaired) electrons. The fourth-order valence-electron chi connectivity index (χ4n) is 2.73. The summed E-state index contributed by atoms with van der Waals surface area (Å²) in [6, 6.07) is 8.85. The molecule has 0 aliphatic rings. The Morgan fingerprint density at radius 1 is 1.13 bits per heavy atom. The maximum Gasteiger partial charge on any atom is 0.418 e. The van der Waals surface area contributed by atoms with Gasteiger partial charge in [0.15, 0.2) is 5.69 Å². The van der Waals surface area contributed by atoms with Crippen LogP contribution < -0.4 is 16.1 Å². The lowest BCUT2D eigenvalue weighted by molar-refractivity contribution is -0.137. The number of carbonyl (C=O) groups is 2. The monoisotopic (exact) mass is 431 g/mol. The molecule has 31 heavy (non-hydrogen) atoms. The Kier molecular flexibility index (Phi) is 6.14. The van der Waals surface area contributed by atoms with Gasteiger partial charge in [0, 0.05) is 18.0 Å². The third-order valence-electron chi connectivity index (χ3n) is 4.11. The molecule has 11 heteroatoms. The lowest BCUT2D eigenvalue weighted by atomic mass is 10.1. The molecule has 0 bridgehead atoms. The molecular formula is C20H16F3N5O3. The zero-order valence-electron chi connectivity index (χ0n) is 16.1. The van der Waals surface area contributed by atoms with E-state index in [1.807, 2.05) is 0 Å². The molecule has 0 saturated heterocycles. The number of anilines is 1. The van der Waals surface area contributed by atoms with Crippen LogP contribution in [0, 0.1) is 6.92 Å². The van der Waals surface area contributed by atoms with Gasteiger partial charge in [-0.1, -0.05) is 12.1 Å². The third kappa shape index (κ3) is 5.13. The molecule has 0 aliphatic heterocycles. The molecule has 2 heterocycles. The van der Waals surface area contributed by atoms with Gasteiger partial charge in [0.2, 0.25) is 11.3 Å². The first-order valence-corrected chi connectivity index (χ1v) is 8.92. The van der Waals surface area contributed by atoms with E-state index in [9.17, 15) is 27.6 Å². The van der Waals surface area contributed by atoms with E-state index in [1.165, 1.54) is 37.5 Å². The van der Waals surface area contributed by atoms with Gasteiger partial charge in [0.1, 0.15) is 0 Å². The van der Waals surface area contributed by atoms with E-state index >= 15 is 0 Å². The minimum Gasteiger partial charge on any atom is -0.341 e. The minimum atomic E-state index is -4.67. The van der Waals surface area contributed by atoms with E-state index in [2.05, 4.69) is 20.7 Å². The van der Waals surface area contributed by atoms with Crippen LogP contribution in [-0.2, 0) is 11.0 Å². The van der Waals surface area contributed by atoms with Crippen LogP contribution in [0.3, 0.4) is 0 Å². The van der Waals surface area contributed by atoms with E-state index in [0.29, 0.717) is 5.69 Å². The lowest BCUT2D eigenvalue weighted by Gasteiger charge is -2.16. The maximum absolute atomic E-state index is 13.4. The molecule has 3 aromatic rings. The predicted molar refractivity (Wildman–Crippen MR) is 105 cm³/mol. The maximum atomic E-state index is 13.4. The second kappa shape index (κ2) is 8.78. The molecule has 160 valence electrons. The van der Waals surface area contributed by atoms with Crippen molar-refractivity contribution in [2.24, 2.45) is 0 Å². The van der Waals surface area contributed by atoms with E-state index in [-0.39, 0.29) is 11.4 Å². The Hall–Kier alpha value is -4.02. The van der Waals surface area contributed by atoms with Gasteiger partial charge in [-0.3, -0.25) is 19.4 Å². The molecule has 2 amide bonds. The average Bonchev–Trinajstić information content (AvgIpc) is 2.72. The topological polar surface area (TPSA) is 106 Å². The molecule has 0 aliphatic carbocycles. The molecule has 0 unspecified atom stereocenters. The van der Waals surface area contributed by atoms with Crippen LogP contribution in [0.1, 0.15) is 21.7 Å². The first-order valence-electron chi connectivity index (χ1n) is 8.92. The third-order valence-corrected chi connectivity index (χ3v) is 4.11. The molecule has 8 nitrogen and oxygen atoms in total. The zero-order chi connectivity index (χ0) is 22.6. The number of carbonyl (C=O) groups excluding carboxylic acids is 2. The number of aromatic nitrogens is 3. The van der Waals surface area contributed by atoms with Gasteiger partial charge in [0.25, 0.3) is 5.91 Å². The molecule has 3 rings (SSSR count). The molecule has 1 aromatic carbocycles. The summed E-state index contributed by atoms with van der Waals surface area (Å²) in [6.07, 6.45) is -1.75. The number of hydrogen-bond acceptors (Lipinski definition) is 5. The predicted octanol–water partition coefficient (Wildman–Crippen LogP) is 2.32. The second-order valence-electron chi connectivity index (χ2n) is 6.40. The summed E-state index contributed by atoms with van der Waals surface area (Å²) in [5.74, 6) is -1.58. The standard InChI is InChI=1S/C20H16F3N5O3/c1-12-9-16(29)18(19(31)25-11-17(30)26-13-5-4-8-24-10-13)27-28(12)15-7-3-2-6-14(15)20(21,22)23/h2-10H,11H2,1H3,(H,25,31)(H,26,30). The number of rotatable bonds is 5. The van der Waals surface area contributed by atoms with Crippen molar-refractivity contribution in [1.29, 1.82) is 0 Å². The highest BCUT2D eigenvalue weighted by Crippen LogP contribution is 2.33. The Balaban J connectivity index is 1.84. The number of pyridine rings is 1. The van der Waals surface area contributed by atoms with Gasteiger partial charge in [-0.15, -0.1) is 0 Å². The lowest BCUT2D eigenvalue weighted by Crippen LogP contribution is -2.37. The van der Waals surface area contributed by atoms with Gasteiger partial charge < -0.3 is 10.6 Å². The number of alkyl halides is 3. The Bertz CT molecular complexity index is 1180. The highest BCUT2D eigenvalue weighted by atomic mass is 19.4. The van der Waals surface area contributed by atoms with Crippen molar-refractivity contribution in [1.82, 2.24) is 20.1 Å². The van der Waals surface area contributed by atoms with Crippen LogP contribution >= 0.6 is 0 Å². The fraction of sp³-hybridized carbons (Fsp3) is 0.150. The summed E-state index contributed by atoms with van der Waals surface area (Å²) in [6.45, 7) is 0.909. The van der Waals surface area contributed by atoms with Crippen molar-refractivity contribution >= 4 is 17.5 Å². The number of nitrogens with zero attached hydrogens (tertiary/aromatic N) is 3. The number of hydrogen-bond donors (Lipinski definition) is 2. The summed E-state index contributed by atoms with van der Waals surface area (Å²) in [7, 11) is 0. The molecular weight excluding hydrogens is 415 g/mol. The minimum absolute atomic E-state index is 0.104. The SMILES string of the molecule is Cc1cc(=O)c(C(=O)NCC(=O)Nc2cccnc2)nn1-c1ccccc1C(F)(F)F. The van der Waals surface area contributed by atoms with Gasteiger partial charge in [-0.05, 0) is 31.2 Å². The smallest absolute Gasteiger partial charge is 0.341 e. The second-order valence-corrected chi connectivity index (χ2v) is 6.40. The number of benzene rings is 1. The van der Waals surface area contributed by atoms with Gasteiger partial charge in [0.05, 0.1) is 29.7 Å². The number of para-hydroxylation sites is 1. The number of amides is 2. The van der Waals surface area contributed by atoms with Crippen molar-refractivity contribution in [3.8, 4) is 5.69 Å². The van der Waals surface area contributed by atoms with Gasteiger partial charge in [-0.2, -0.15) is 18.3 Å². The van der Waals surface area contributed by atoms with Crippen LogP contribution in [0.25, 0.3) is 5.69 Å². The molecule has 0 spiro atoms. The average molecular weight is 431 g/mol. The van der Waals surface area contributed by atoms with Crippen molar-refractivity contribution in [2.75, 3.05) is 11.9 Å². The fourth-order valence-corrected chi connectivity index (χ4v) is 2.73. The molecule has 0 atom stereocenters. The molecule has 2 N–H and O–H groups in total. The van der Waals surface area contributed by atoms with Crippen molar-refractivity contribution in [2.45, 2.75) is 13.1 Å². The van der Waals surface area contributed by atoms with E-state index in [4.69, 9.17) is 0 Å². The van der Waals surface area contributed by atoms with Crippen LogP contribution in [0.5, 0.6) is 0 Å². The van der Waals surface area contributed by atoms with E-state index < -0.39 is 41.2 Å². The van der Waals surface area contributed by atoms with Crippen molar-refractivity contribution in [3.05, 3.63) is 82.0 Å². The highest BCUT2D eigenvalue weighted by molar-refractivity contribution is 5.98. The first kappa shape index (κ1) is 21.7. The Labute approximate surface area is 173 Å². The van der Waals surface area contributed by atoms with Crippen LogP contribution in [0.15, 0.2) is 59.7 Å². The Morgan fingerprint density at radius 2 is 1.87 bits per heavy atom.